The zero-order valence-electron chi connectivity index (χ0n) is 17.2. The molecule has 2 unspecified atom stereocenters. The third-order valence-corrected chi connectivity index (χ3v) is 5.08. The van der Waals surface area contributed by atoms with Crippen molar-refractivity contribution in [3.8, 4) is 5.75 Å². The molecule has 156 valence electrons. The van der Waals surface area contributed by atoms with Gasteiger partial charge in [-0.15, -0.1) is 0 Å². The van der Waals surface area contributed by atoms with Crippen LogP contribution in [0.1, 0.15) is 25.0 Å². The van der Waals surface area contributed by atoms with Crippen LogP contribution < -0.4 is 15.8 Å². The number of ether oxygens (including phenoxy) is 2. The first-order valence-corrected chi connectivity index (χ1v) is 10.2. The number of guanidine groups is 1. The maximum atomic E-state index is 6.13. The first-order chi connectivity index (χ1) is 13.9. The largest absolute Gasteiger partial charge is 0.495 e. The molecular formula is C22H29ClN4O2. The predicted octanol–water partition coefficient (Wildman–Crippen LogP) is 3.88. The van der Waals surface area contributed by atoms with Gasteiger partial charge >= 0.3 is 0 Å². The van der Waals surface area contributed by atoms with E-state index >= 15 is 0 Å². The van der Waals surface area contributed by atoms with Crippen LogP contribution in [0.5, 0.6) is 5.75 Å². The lowest BCUT2D eigenvalue weighted by Gasteiger charge is -2.35. The molecule has 29 heavy (non-hydrogen) atoms. The first kappa shape index (κ1) is 21.4. The average molecular weight is 417 g/mol. The van der Waals surface area contributed by atoms with Gasteiger partial charge in [0.15, 0.2) is 5.96 Å². The van der Waals surface area contributed by atoms with Crippen LogP contribution in [0, 0.1) is 0 Å². The molecule has 0 amide bonds. The molecule has 7 heteroatoms. The number of aliphatic imine (C=N–C) groups is 1. The van der Waals surface area contributed by atoms with Crippen LogP contribution in [0.2, 0.25) is 5.02 Å². The molecule has 1 aliphatic rings. The van der Waals surface area contributed by atoms with Crippen molar-refractivity contribution in [3.05, 3.63) is 58.6 Å². The van der Waals surface area contributed by atoms with Crippen LogP contribution in [-0.2, 0) is 17.8 Å². The zero-order valence-corrected chi connectivity index (χ0v) is 17.9. The van der Waals surface area contributed by atoms with E-state index in [2.05, 4.69) is 53.3 Å². The van der Waals surface area contributed by atoms with E-state index in [4.69, 9.17) is 26.8 Å². The molecule has 0 radical (unpaired) electrons. The van der Waals surface area contributed by atoms with Gasteiger partial charge in [0.25, 0.3) is 0 Å². The van der Waals surface area contributed by atoms with Crippen molar-refractivity contribution >= 4 is 23.2 Å². The van der Waals surface area contributed by atoms with Crippen LogP contribution in [0.4, 0.5) is 5.69 Å². The molecule has 0 spiro atoms. The SMILES string of the molecule is COc1ccc(NC(N)=NCc2ccc(CN3CC(C)OC(C)C3)cc2)cc1Cl. The van der Waals surface area contributed by atoms with Crippen LogP contribution >= 0.6 is 11.6 Å². The summed E-state index contributed by atoms with van der Waals surface area (Å²) in [6, 6.07) is 13.9. The zero-order chi connectivity index (χ0) is 20.8. The van der Waals surface area contributed by atoms with Crippen molar-refractivity contribution in [1.82, 2.24) is 4.90 Å². The minimum absolute atomic E-state index is 0.281. The van der Waals surface area contributed by atoms with E-state index in [1.54, 1.807) is 19.2 Å². The predicted molar refractivity (Wildman–Crippen MR) is 119 cm³/mol. The highest BCUT2D eigenvalue weighted by molar-refractivity contribution is 6.32. The van der Waals surface area contributed by atoms with E-state index in [1.807, 2.05) is 6.07 Å². The second-order valence-electron chi connectivity index (χ2n) is 7.44. The van der Waals surface area contributed by atoms with Crippen molar-refractivity contribution in [2.24, 2.45) is 10.7 Å². The lowest BCUT2D eigenvalue weighted by Crippen LogP contribution is -2.44. The Morgan fingerprint density at radius 2 is 1.83 bits per heavy atom. The lowest BCUT2D eigenvalue weighted by molar-refractivity contribution is -0.0704. The van der Waals surface area contributed by atoms with Crippen molar-refractivity contribution in [3.63, 3.8) is 0 Å². The van der Waals surface area contributed by atoms with Gasteiger partial charge in [-0.3, -0.25) is 4.90 Å². The monoisotopic (exact) mass is 416 g/mol. The van der Waals surface area contributed by atoms with E-state index in [1.165, 1.54) is 5.56 Å². The third-order valence-electron chi connectivity index (χ3n) is 4.78. The fraction of sp³-hybridized carbons (Fsp3) is 0.409. The second kappa shape index (κ2) is 9.96. The fourth-order valence-electron chi connectivity index (χ4n) is 3.53. The van der Waals surface area contributed by atoms with E-state index in [0.29, 0.717) is 23.3 Å². The van der Waals surface area contributed by atoms with Gasteiger partial charge in [-0.05, 0) is 43.2 Å². The Morgan fingerprint density at radius 1 is 1.17 bits per heavy atom. The molecular weight excluding hydrogens is 388 g/mol. The Morgan fingerprint density at radius 3 is 2.45 bits per heavy atom. The summed E-state index contributed by atoms with van der Waals surface area (Å²) in [4.78, 5) is 6.85. The number of halogens is 1. The number of benzene rings is 2. The van der Waals surface area contributed by atoms with Gasteiger partial charge in [0.1, 0.15) is 5.75 Å². The summed E-state index contributed by atoms with van der Waals surface area (Å²) in [6.45, 7) is 7.63. The maximum Gasteiger partial charge on any atom is 0.193 e. The number of morpholine rings is 1. The number of nitrogens with one attached hydrogen (secondary N) is 1. The van der Waals surface area contributed by atoms with Crippen LogP contribution in [0.15, 0.2) is 47.5 Å². The normalized spacial score (nSPS) is 20.5. The summed E-state index contributed by atoms with van der Waals surface area (Å²) in [5, 5.41) is 3.57. The van der Waals surface area contributed by atoms with Gasteiger partial charge in [-0.25, -0.2) is 4.99 Å². The molecule has 1 saturated heterocycles. The first-order valence-electron chi connectivity index (χ1n) is 9.79. The number of hydrogen-bond donors (Lipinski definition) is 2. The number of nitrogens with zero attached hydrogens (tertiary/aromatic N) is 2. The molecule has 1 heterocycles. The van der Waals surface area contributed by atoms with Crippen molar-refractivity contribution in [1.29, 1.82) is 0 Å². The summed E-state index contributed by atoms with van der Waals surface area (Å²) in [7, 11) is 1.58. The van der Waals surface area contributed by atoms with Crippen LogP contribution in [0.3, 0.4) is 0 Å². The Hall–Kier alpha value is -2.28. The maximum absolute atomic E-state index is 6.13. The van der Waals surface area contributed by atoms with Gasteiger partial charge < -0.3 is 20.5 Å². The molecule has 1 fully saturated rings. The summed E-state index contributed by atoms with van der Waals surface area (Å²) >= 11 is 6.13. The van der Waals surface area contributed by atoms with Crippen molar-refractivity contribution in [2.75, 3.05) is 25.5 Å². The molecule has 3 N–H and O–H groups in total. The minimum Gasteiger partial charge on any atom is -0.495 e. The van der Waals surface area contributed by atoms with E-state index in [0.717, 1.165) is 30.9 Å². The topological polar surface area (TPSA) is 72.1 Å². The second-order valence-corrected chi connectivity index (χ2v) is 7.85. The van der Waals surface area contributed by atoms with Gasteiger partial charge in [-0.2, -0.15) is 0 Å². The quantitative estimate of drug-likeness (QED) is 0.552. The number of anilines is 1. The summed E-state index contributed by atoms with van der Waals surface area (Å²) in [5.41, 5.74) is 9.16. The number of rotatable bonds is 6. The van der Waals surface area contributed by atoms with E-state index in [-0.39, 0.29) is 12.2 Å². The Balaban J connectivity index is 1.53. The summed E-state index contributed by atoms with van der Waals surface area (Å²) < 4.78 is 10.9. The van der Waals surface area contributed by atoms with E-state index in [9.17, 15) is 0 Å². The lowest BCUT2D eigenvalue weighted by atomic mass is 10.1. The molecule has 3 rings (SSSR count). The number of nitrogens with two attached hydrogens (primary N) is 1. The van der Waals surface area contributed by atoms with Gasteiger partial charge in [0.2, 0.25) is 0 Å². The minimum atomic E-state index is 0.281. The Bertz CT molecular complexity index is 831. The Labute approximate surface area is 177 Å². The highest BCUT2D eigenvalue weighted by atomic mass is 35.5. The molecule has 0 aliphatic carbocycles. The third kappa shape index (κ3) is 6.35. The molecule has 2 atom stereocenters. The summed E-state index contributed by atoms with van der Waals surface area (Å²) in [6.07, 6.45) is 0.562. The van der Waals surface area contributed by atoms with Crippen LogP contribution in [-0.4, -0.2) is 43.3 Å². The number of hydrogen-bond acceptors (Lipinski definition) is 4. The van der Waals surface area contributed by atoms with Crippen LogP contribution in [0.25, 0.3) is 0 Å². The highest BCUT2D eigenvalue weighted by Crippen LogP contribution is 2.27. The smallest absolute Gasteiger partial charge is 0.193 e. The Kier molecular flexibility index (Phi) is 7.36. The van der Waals surface area contributed by atoms with E-state index < -0.39 is 0 Å². The van der Waals surface area contributed by atoms with Gasteiger partial charge in [0.05, 0.1) is 30.9 Å². The van der Waals surface area contributed by atoms with Crippen molar-refractivity contribution < 1.29 is 9.47 Å². The molecule has 1 aliphatic heterocycles. The molecule has 0 bridgehead atoms. The average Bonchev–Trinajstić information content (AvgIpc) is 2.67. The molecule has 0 aromatic heterocycles. The van der Waals surface area contributed by atoms with Crippen molar-refractivity contribution in [2.45, 2.75) is 39.1 Å². The van der Waals surface area contributed by atoms with Gasteiger partial charge in [0, 0.05) is 25.3 Å². The highest BCUT2D eigenvalue weighted by Gasteiger charge is 2.21. The molecule has 2 aromatic carbocycles. The standard InChI is InChI=1S/C22H29ClN4O2/c1-15-12-27(13-16(2)29-15)14-18-6-4-17(5-7-18)11-25-22(24)26-19-8-9-21(28-3)20(23)10-19/h4-10,15-16H,11-14H2,1-3H3,(H3,24,25,26). The molecule has 6 nitrogen and oxygen atoms in total. The molecule has 0 saturated carbocycles. The van der Waals surface area contributed by atoms with Gasteiger partial charge in [-0.1, -0.05) is 35.9 Å². The fourth-order valence-corrected chi connectivity index (χ4v) is 3.79. The summed E-state index contributed by atoms with van der Waals surface area (Å²) in [5.74, 6) is 0.959. The number of methoxy groups -OCH3 is 1. The molecule has 2 aromatic rings.